The quantitative estimate of drug-likeness (QED) is 0.360. The molecule has 0 aliphatic carbocycles. The van der Waals surface area contributed by atoms with Crippen LogP contribution in [0.4, 0.5) is 0 Å². The molecule has 2 unspecified atom stereocenters. The van der Waals surface area contributed by atoms with E-state index >= 15 is 0 Å². The zero-order chi connectivity index (χ0) is 19.5. The molecule has 0 fully saturated rings. The summed E-state index contributed by atoms with van der Waals surface area (Å²) < 4.78 is 0. The fourth-order valence-electron chi connectivity index (χ4n) is 2.01. The van der Waals surface area contributed by atoms with Crippen LogP contribution in [0.3, 0.4) is 0 Å². The van der Waals surface area contributed by atoms with E-state index in [0.717, 1.165) is 16.4 Å². The predicted molar refractivity (Wildman–Crippen MR) is 101 cm³/mol. The summed E-state index contributed by atoms with van der Waals surface area (Å²) in [5, 5.41) is 20.7. The number of carbonyl (C=O) groups is 4. The molecule has 9 heteroatoms. The maximum atomic E-state index is 12.0. The third kappa shape index (κ3) is 8.91. The molecule has 0 saturated heterocycles. The second-order valence-corrected chi connectivity index (χ2v) is 8.18. The summed E-state index contributed by atoms with van der Waals surface area (Å²) >= 11 is 0. The molecule has 1 aromatic rings. The van der Waals surface area contributed by atoms with E-state index in [-0.39, 0.29) is 30.1 Å². The van der Waals surface area contributed by atoms with Crippen LogP contribution in [0.25, 0.3) is 0 Å². The molecule has 0 aromatic heterocycles. The Morgan fingerprint density at radius 1 is 1.00 bits per heavy atom. The monoisotopic (exact) mass is 399 g/mol. The lowest BCUT2D eigenvalue weighted by atomic mass is 10.1. The van der Waals surface area contributed by atoms with Crippen LogP contribution in [0.5, 0.6) is 0 Å². The molecular weight excluding hydrogens is 378 g/mol. The van der Waals surface area contributed by atoms with Crippen LogP contribution in [-0.4, -0.2) is 51.4 Å². The molecule has 0 bridgehead atoms. The Balaban J connectivity index is 2.43. The van der Waals surface area contributed by atoms with Gasteiger partial charge in [-0.2, -0.15) is 0 Å². The SMILES string of the molecule is CC(=O)CC(CSSCC(NC(=O)Cc1ccccc1)C(=O)O)C(=O)O. The Bertz CT molecular complexity index is 637. The van der Waals surface area contributed by atoms with Crippen molar-refractivity contribution in [3.8, 4) is 0 Å². The lowest BCUT2D eigenvalue weighted by molar-refractivity contribution is -0.142. The first-order valence-corrected chi connectivity index (χ1v) is 10.3. The number of carboxylic acid groups (broad SMARTS) is 2. The Kier molecular flexibility index (Phi) is 9.82. The summed E-state index contributed by atoms with van der Waals surface area (Å²) in [7, 11) is 2.33. The molecule has 1 amide bonds. The van der Waals surface area contributed by atoms with Crippen molar-refractivity contribution in [1.82, 2.24) is 5.32 Å². The summed E-state index contributed by atoms with van der Waals surface area (Å²) in [6, 6.07) is 7.90. The Hall–Kier alpha value is -2.00. The van der Waals surface area contributed by atoms with Gasteiger partial charge in [0.1, 0.15) is 11.8 Å². The summed E-state index contributed by atoms with van der Waals surface area (Å²) in [5.41, 5.74) is 0.782. The third-order valence-corrected chi connectivity index (χ3v) is 5.80. The minimum atomic E-state index is -1.15. The van der Waals surface area contributed by atoms with Gasteiger partial charge in [0.2, 0.25) is 5.91 Å². The molecule has 0 aliphatic rings. The molecule has 2 atom stereocenters. The van der Waals surface area contributed by atoms with Crippen molar-refractivity contribution < 1.29 is 29.4 Å². The smallest absolute Gasteiger partial charge is 0.327 e. The highest BCUT2D eigenvalue weighted by Crippen LogP contribution is 2.26. The van der Waals surface area contributed by atoms with Crippen molar-refractivity contribution in [1.29, 1.82) is 0 Å². The normalized spacial score (nSPS) is 12.8. The first-order chi connectivity index (χ1) is 12.3. The fraction of sp³-hybridized carbons (Fsp3) is 0.412. The van der Waals surface area contributed by atoms with E-state index in [2.05, 4.69) is 5.32 Å². The number of carboxylic acids is 2. The number of hydrogen-bond donors (Lipinski definition) is 3. The number of rotatable bonds is 12. The van der Waals surface area contributed by atoms with Gasteiger partial charge in [-0.3, -0.25) is 9.59 Å². The van der Waals surface area contributed by atoms with Gasteiger partial charge in [0.25, 0.3) is 0 Å². The largest absolute Gasteiger partial charge is 0.481 e. The van der Waals surface area contributed by atoms with Gasteiger partial charge in [-0.15, -0.1) is 0 Å². The van der Waals surface area contributed by atoms with Crippen LogP contribution in [0, 0.1) is 5.92 Å². The zero-order valence-electron chi connectivity index (χ0n) is 14.2. The molecule has 26 heavy (non-hydrogen) atoms. The lowest BCUT2D eigenvalue weighted by Gasteiger charge is -2.15. The van der Waals surface area contributed by atoms with Crippen LogP contribution in [0.2, 0.25) is 0 Å². The number of Topliss-reactive ketones (excluding diaryl/α,β-unsaturated/α-hetero) is 1. The average molecular weight is 399 g/mol. The van der Waals surface area contributed by atoms with Crippen LogP contribution in [0.15, 0.2) is 30.3 Å². The third-order valence-electron chi connectivity index (χ3n) is 3.31. The van der Waals surface area contributed by atoms with Gasteiger partial charge < -0.3 is 20.3 Å². The topological polar surface area (TPSA) is 121 Å². The van der Waals surface area contributed by atoms with Crippen molar-refractivity contribution in [3.05, 3.63) is 35.9 Å². The average Bonchev–Trinajstić information content (AvgIpc) is 2.56. The van der Waals surface area contributed by atoms with E-state index in [1.54, 1.807) is 24.3 Å². The van der Waals surface area contributed by atoms with Gasteiger partial charge >= 0.3 is 11.9 Å². The highest BCUT2D eigenvalue weighted by molar-refractivity contribution is 8.76. The minimum Gasteiger partial charge on any atom is -0.481 e. The second kappa shape index (κ2) is 11.6. The molecule has 3 N–H and O–H groups in total. The molecule has 0 aliphatic heterocycles. The van der Waals surface area contributed by atoms with E-state index in [4.69, 9.17) is 5.11 Å². The highest BCUT2D eigenvalue weighted by Gasteiger charge is 2.22. The van der Waals surface area contributed by atoms with E-state index in [1.165, 1.54) is 17.7 Å². The van der Waals surface area contributed by atoms with E-state index in [0.29, 0.717) is 0 Å². The number of benzene rings is 1. The molecule has 0 heterocycles. The molecule has 0 spiro atoms. The maximum Gasteiger partial charge on any atom is 0.327 e. The Morgan fingerprint density at radius 3 is 2.15 bits per heavy atom. The predicted octanol–water partition coefficient (Wildman–Crippen LogP) is 1.86. The summed E-state index contributed by atoms with van der Waals surface area (Å²) in [6.07, 6.45) is 0.0290. The van der Waals surface area contributed by atoms with Gasteiger partial charge in [-0.05, 0) is 12.5 Å². The Morgan fingerprint density at radius 2 is 1.62 bits per heavy atom. The van der Waals surface area contributed by atoms with Crippen molar-refractivity contribution in [2.24, 2.45) is 5.92 Å². The van der Waals surface area contributed by atoms with Crippen LogP contribution in [-0.2, 0) is 25.6 Å². The fourth-order valence-corrected chi connectivity index (χ4v) is 4.47. The van der Waals surface area contributed by atoms with E-state index < -0.39 is 29.8 Å². The van der Waals surface area contributed by atoms with Gasteiger partial charge in [-0.1, -0.05) is 51.9 Å². The number of nitrogens with one attached hydrogen (secondary N) is 1. The summed E-state index contributed by atoms with van der Waals surface area (Å²) in [6.45, 7) is 1.33. The number of aliphatic carboxylic acids is 2. The van der Waals surface area contributed by atoms with Crippen molar-refractivity contribution >= 4 is 45.2 Å². The number of ketones is 1. The van der Waals surface area contributed by atoms with Crippen LogP contribution in [0.1, 0.15) is 18.9 Å². The maximum absolute atomic E-state index is 12.0. The molecule has 7 nitrogen and oxygen atoms in total. The molecule has 1 rings (SSSR count). The highest BCUT2D eigenvalue weighted by atomic mass is 33.1. The molecule has 0 radical (unpaired) electrons. The van der Waals surface area contributed by atoms with Gasteiger partial charge in [0.15, 0.2) is 0 Å². The van der Waals surface area contributed by atoms with Gasteiger partial charge in [0, 0.05) is 17.9 Å². The first kappa shape index (κ1) is 22.0. The number of hydrogen-bond acceptors (Lipinski definition) is 6. The Labute approximate surface area is 159 Å². The number of amides is 1. The van der Waals surface area contributed by atoms with Crippen molar-refractivity contribution in [3.63, 3.8) is 0 Å². The standard InChI is InChI=1S/C17H21NO6S2/c1-11(19)7-13(16(21)22)9-25-26-10-14(17(23)24)18-15(20)8-12-5-3-2-4-6-12/h2-6,13-14H,7-10H2,1H3,(H,18,20)(H,21,22)(H,23,24). The number of carbonyl (C=O) groups excluding carboxylic acids is 2. The van der Waals surface area contributed by atoms with Gasteiger partial charge in [-0.25, -0.2) is 4.79 Å². The van der Waals surface area contributed by atoms with E-state index in [9.17, 15) is 24.3 Å². The second-order valence-electron chi connectivity index (χ2n) is 5.63. The van der Waals surface area contributed by atoms with Crippen LogP contribution < -0.4 is 5.32 Å². The summed E-state index contributed by atoms with van der Waals surface area (Å²) in [4.78, 5) is 45.4. The minimum absolute atomic E-state index is 0.0565. The van der Waals surface area contributed by atoms with Crippen molar-refractivity contribution in [2.45, 2.75) is 25.8 Å². The molecule has 142 valence electrons. The zero-order valence-corrected chi connectivity index (χ0v) is 15.8. The van der Waals surface area contributed by atoms with E-state index in [1.807, 2.05) is 6.07 Å². The van der Waals surface area contributed by atoms with Crippen LogP contribution >= 0.6 is 21.6 Å². The summed E-state index contributed by atoms with van der Waals surface area (Å²) in [5.74, 6) is -3.34. The molecule has 1 aromatic carbocycles. The first-order valence-electron chi connectivity index (χ1n) is 7.82. The van der Waals surface area contributed by atoms with Gasteiger partial charge in [0.05, 0.1) is 12.3 Å². The molecular formula is C17H21NO6S2. The molecule has 0 saturated carbocycles. The van der Waals surface area contributed by atoms with Crippen molar-refractivity contribution in [2.75, 3.05) is 11.5 Å². The lowest BCUT2D eigenvalue weighted by Crippen LogP contribution is -2.43.